The summed E-state index contributed by atoms with van der Waals surface area (Å²) in [4.78, 5) is 16.4. The van der Waals surface area contributed by atoms with Crippen LogP contribution in [0.1, 0.15) is 181 Å². The van der Waals surface area contributed by atoms with E-state index < -0.39 is 62.6 Å². The molecule has 6 bridgehead atoms. The third-order valence-corrected chi connectivity index (χ3v) is 23.3. The number of phenolic OH excluding ortho intramolecular Hbond substituents is 3. The SMILES string of the molecule is CCCCCC1C(=O)CC(c2cc(OC)c(O)cc2CO)C(Cc2ccccc2)C#CC2CNC34CCC1(O)C2C31c2cc(O)c(O)cc2C2CC13C#CCC1CCCCC1(O)CCC1=CC5CCCC52CC13CC4. The van der Waals surface area contributed by atoms with Gasteiger partial charge in [0.1, 0.15) is 5.78 Å². The maximum atomic E-state index is 16.4. The van der Waals surface area contributed by atoms with Crippen molar-refractivity contribution in [1.29, 1.82) is 0 Å². The lowest BCUT2D eigenvalue weighted by Crippen LogP contribution is -2.87. The van der Waals surface area contributed by atoms with Crippen molar-refractivity contribution in [3.63, 3.8) is 0 Å². The van der Waals surface area contributed by atoms with Crippen molar-refractivity contribution in [1.82, 2.24) is 5.32 Å². The Morgan fingerprint density at radius 2 is 1.68 bits per heavy atom. The smallest absolute Gasteiger partial charge is 0.160 e. The van der Waals surface area contributed by atoms with Gasteiger partial charge in [-0.15, -0.1) is 5.92 Å². The van der Waals surface area contributed by atoms with Crippen LogP contribution in [0.2, 0.25) is 0 Å². The normalized spacial score (nSPS) is 41.6. The van der Waals surface area contributed by atoms with Gasteiger partial charge in [-0.1, -0.05) is 105 Å². The number of aliphatic hydroxyl groups is 3. The second kappa shape index (κ2) is 17.9. The summed E-state index contributed by atoms with van der Waals surface area (Å²) in [6.45, 7) is 2.34. The predicted molar refractivity (Wildman–Crippen MR) is 288 cm³/mol. The summed E-state index contributed by atoms with van der Waals surface area (Å²) in [5.74, 6) is 14.0. The van der Waals surface area contributed by atoms with Gasteiger partial charge in [0.25, 0.3) is 0 Å². The van der Waals surface area contributed by atoms with E-state index in [4.69, 9.17) is 4.74 Å². The van der Waals surface area contributed by atoms with Crippen LogP contribution in [0, 0.1) is 75.4 Å². The zero-order valence-corrected chi connectivity index (χ0v) is 44.4. The molecule has 3 aromatic rings. The number of allylic oxidation sites excluding steroid dienone is 2. The lowest BCUT2D eigenvalue weighted by atomic mass is 9.21. The van der Waals surface area contributed by atoms with E-state index in [0.29, 0.717) is 55.7 Å². The fourth-order valence-corrected chi connectivity index (χ4v) is 20.4. The second-order valence-electron chi connectivity index (χ2n) is 26.0. The summed E-state index contributed by atoms with van der Waals surface area (Å²) in [6.07, 6.45) is 20.3. The molecule has 4 spiro atoms. The van der Waals surface area contributed by atoms with Gasteiger partial charge in [-0.05, 0) is 165 Å². The van der Waals surface area contributed by atoms with E-state index in [-0.39, 0.29) is 59.1 Å². The van der Waals surface area contributed by atoms with Crippen LogP contribution in [0.25, 0.3) is 0 Å². The molecule has 1 saturated heterocycles. The van der Waals surface area contributed by atoms with Crippen LogP contribution in [0.5, 0.6) is 23.0 Å². The molecule has 15 atom stereocenters. The van der Waals surface area contributed by atoms with Crippen molar-refractivity contribution >= 4 is 5.78 Å². The first kappa shape index (κ1) is 49.8. The molecule has 0 radical (unpaired) electrons. The molecule has 10 aliphatic rings. The molecule has 396 valence electrons. The minimum Gasteiger partial charge on any atom is -0.504 e. The van der Waals surface area contributed by atoms with E-state index in [9.17, 15) is 30.6 Å². The summed E-state index contributed by atoms with van der Waals surface area (Å²) < 4.78 is 5.72. The summed E-state index contributed by atoms with van der Waals surface area (Å²) >= 11 is 0. The standard InChI is InChI=1S/C66H79NO8/c1-3-4-6-18-51-54(69)33-48(49-35-58(75-2)57(72)31-44(49)39-68)42(30-41-13-7-5-8-14-41)19-20-43-38-67-64-27-26-61-40-60-22-11-17-46(60)32-47(61)21-25-62(73)23-10-9-15-45(62)16-12-24-63(61)37-53(60)50-34-55(70)56(71)36-52(50)66(63,64)59(43)65(51,74)29-28-64/h5,7-8,13-14,31-32,34-36,42-43,45-46,48,51,53,59,67-68,70-74H,3-4,6,9-11,15-18,21-23,25-30,33,37-40H2,1-2H3. The number of methoxy groups -OCH3 is 1. The van der Waals surface area contributed by atoms with Crippen LogP contribution in [-0.4, -0.2) is 66.8 Å². The van der Waals surface area contributed by atoms with Crippen LogP contribution in [0.15, 0.2) is 66.2 Å². The van der Waals surface area contributed by atoms with Gasteiger partial charge < -0.3 is 40.7 Å². The number of Topliss-reactive ketones (excluding diaryl/α,β-unsaturated/α-hetero) is 1. The van der Waals surface area contributed by atoms with E-state index in [2.05, 4.69) is 54.1 Å². The highest BCUT2D eigenvalue weighted by atomic mass is 16.5. The minimum atomic E-state index is -1.55. The highest BCUT2D eigenvalue weighted by Crippen LogP contribution is 2.87. The number of nitrogens with one attached hydrogen (secondary N) is 1. The molecule has 0 aromatic heterocycles. The van der Waals surface area contributed by atoms with Crippen LogP contribution in [0.3, 0.4) is 0 Å². The number of hydrogen-bond acceptors (Lipinski definition) is 9. The molecule has 0 amide bonds. The molecule has 1 aliphatic heterocycles. The number of unbranched alkanes of at least 4 members (excludes halogenated alkanes) is 2. The van der Waals surface area contributed by atoms with Gasteiger partial charge in [-0.2, -0.15) is 0 Å². The Morgan fingerprint density at radius 3 is 2.49 bits per heavy atom. The molecule has 7 N–H and O–H groups in total. The number of aliphatic hydroxyl groups excluding tert-OH is 1. The topological polar surface area (TPSA) is 160 Å². The van der Waals surface area contributed by atoms with E-state index in [1.165, 1.54) is 12.7 Å². The van der Waals surface area contributed by atoms with Gasteiger partial charge in [-0.3, -0.25) is 4.79 Å². The Bertz CT molecular complexity index is 2960. The van der Waals surface area contributed by atoms with E-state index >= 15 is 4.79 Å². The van der Waals surface area contributed by atoms with Crippen LogP contribution in [0.4, 0.5) is 0 Å². The average Bonchev–Trinajstić information content (AvgIpc) is 4.00. The van der Waals surface area contributed by atoms with Gasteiger partial charge in [0.15, 0.2) is 23.0 Å². The summed E-state index contributed by atoms with van der Waals surface area (Å²) in [7, 11) is 1.51. The molecule has 9 aliphatic carbocycles. The molecule has 3 aromatic carbocycles. The first-order chi connectivity index (χ1) is 36.3. The maximum absolute atomic E-state index is 16.4. The summed E-state index contributed by atoms with van der Waals surface area (Å²) in [6, 6.07) is 17.5. The van der Waals surface area contributed by atoms with Crippen molar-refractivity contribution in [2.24, 2.45) is 51.8 Å². The van der Waals surface area contributed by atoms with E-state index in [1.807, 2.05) is 30.3 Å². The van der Waals surface area contributed by atoms with Crippen molar-refractivity contribution in [3.05, 3.63) is 94.1 Å². The molecule has 6 fully saturated rings. The van der Waals surface area contributed by atoms with Crippen LogP contribution in [-0.2, 0) is 23.2 Å². The number of phenols is 3. The first-order valence-corrected chi connectivity index (χ1v) is 29.3. The third-order valence-electron chi connectivity index (χ3n) is 23.3. The largest absolute Gasteiger partial charge is 0.504 e. The number of hydrogen-bond donors (Lipinski definition) is 7. The zero-order chi connectivity index (χ0) is 51.8. The Balaban J connectivity index is 1.12. The molecule has 9 heteroatoms. The molecular weight excluding hydrogens is 935 g/mol. The van der Waals surface area contributed by atoms with Gasteiger partial charge in [0.2, 0.25) is 0 Å². The van der Waals surface area contributed by atoms with Crippen LogP contribution >= 0.6 is 0 Å². The fourth-order valence-electron chi connectivity index (χ4n) is 20.4. The van der Waals surface area contributed by atoms with Gasteiger partial charge in [0, 0.05) is 65.3 Å². The molecule has 75 heavy (non-hydrogen) atoms. The number of carbonyl (C=O) groups excluding carboxylic acids is 1. The lowest BCUT2D eigenvalue weighted by Gasteiger charge is -2.83. The zero-order valence-electron chi connectivity index (χ0n) is 44.4. The lowest BCUT2D eigenvalue weighted by molar-refractivity contribution is -0.267. The monoisotopic (exact) mass is 1010 g/mol. The number of ether oxygens (including phenoxy) is 1. The van der Waals surface area contributed by atoms with Gasteiger partial charge >= 0.3 is 0 Å². The molecule has 5 saturated carbocycles. The maximum Gasteiger partial charge on any atom is 0.160 e. The van der Waals surface area contributed by atoms with Crippen molar-refractivity contribution in [2.75, 3.05) is 13.7 Å². The predicted octanol–water partition coefficient (Wildman–Crippen LogP) is 10.9. The Kier molecular flexibility index (Phi) is 11.9. The molecule has 15 unspecified atom stereocenters. The Hall–Kier alpha value is -4.77. The minimum absolute atomic E-state index is 0.00812. The number of ketones is 1. The highest BCUT2D eigenvalue weighted by molar-refractivity contribution is 5.84. The number of aromatic hydroxyl groups is 3. The van der Waals surface area contributed by atoms with Crippen LogP contribution < -0.4 is 10.1 Å². The number of benzene rings is 3. The van der Waals surface area contributed by atoms with Crippen molar-refractivity contribution in [2.45, 2.75) is 189 Å². The Labute approximate surface area is 444 Å². The molecular formula is C66H79NO8. The first-order valence-electron chi connectivity index (χ1n) is 29.3. The molecule has 9 nitrogen and oxygen atoms in total. The van der Waals surface area contributed by atoms with E-state index in [0.717, 1.165) is 119 Å². The molecule has 13 rings (SSSR count). The number of carbonyl (C=O) groups is 1. The Morgan fingerprint density at radius 1 is 0.853 bits per heavy atom. The quantitative estimate of drug-likeness (QED) is 0.0479. The van der Waals surface area contributed by atoms with Crippen molar-refractivity contribution in [3.8, 4) is 46.7 Å². The second-order valence-corrected chi connectivity index (χ2v) is 26.0. The fraction of sp³-hybridized carbons (Fsp3) is 0.621. The number of piperidine rings is 1. The average molecular weight is 1010 g/mol. The van der Waals surface area contributed by atoms with Gasteiger partial charge in [-0.25, -0.2) is 0 Å². The highest BCUT2D eigenvalue weighted by Gasteiger charge is 2.86. The third kappa shape index (κ3) is 6.75. The van der Waals surface area contributed by atoms with E-state index in [1.54, 1.807) is 12.1 Å². The number of rotatable bonds is 9. The van der Waals surface area contributed by atoms with Gasteiger partial charge in [0.05, 0.1) is 30.3 Å². The number of fused-ring (bicyclic) bond motifs is 4. The summed E-state index contributed by atoms with van der Waals surface area (Å²) in [5, 5.41) is 78.2. The molecule has 1 heterocycles. The van der Waals surface area contributed by atoms with Crippen molar-refractivity contribution < 1.29 is 40.2 Å². The summed E-state index contributed by atoms with van der Waals surface area (Å²) in [5.41, 5.74) is 0.754.